The highest BCUT2D eigenvalue weighted by molar-refractivity contribution is 5.78. The molecule has 0 saturated carbocycles. The van der Waals surface area contributed by atoms with Gasteiger partial charge in [0.25, 0.3) is 0 Å². The van der Waals surface area contributed by atoms with Crippen LogP contribution in [-0.4, -0.2) is 30.3 Å². The molecule has 0 aromatic heterocycles. The van der Waals surface area contributed by atoms with Crippen molar-refractivity contribution >= 4 is 5.97 Å². The van der Waals surface area contributed by atoms with Gasteiger partial charge in [-0.2, -0.15) is 0 Å². The van der Waals surface area contributed by atoms with E-state index in [0.717, 1.165) is 12.2 Å². The fourth-order valence-corrected chi connectivity index (χ4v) is 2.09. The lowest BCUT2D eigenvalue weighted by atomic mass is 9.96. The molecule has 0 aliphatic heterocycles. The highest BCUT2D eigenvalue weighted by atomic mass is 16.5. The second-order valence-corrected chi connectivity index (χ2v) is 5.59. The van der Waals surface area contributed by atoms with Crippen molar-refractivity contribution in [3.63, 3.8) is 0 Å². The third-order valence-corrected chi connectivity index (χ3v) is 3.86. The second-order valence-electron chi connectivity index (χ2n) is 5.59. The largest absolute Gasteiger partial charge is 0.494 e. The molecule has 2 N–H and O–H groups in total. The molecule has 1 unspecified atom stereocenters. The minimum absolute atomic E-state index is 0.527. The molecule has 0 amide bonds. The fraction of sp³-hybridized carbons (Fsp3) is 0.588. The predicted octanol–water partition coefficient (Wildman–Crippen LogP) is 3.25. The molecule has 0 heterocycles. The number of rotatable bonds is 10. The Morgan fingerprint density at radius 2 is 1.95 bits per heavy atom. The van der Waals surface area contributed by atoms with E-state index in [1.54, 1.807) is 14.0 Å². The van der Waals surface area contributed by atoms with Gasteiger partial charge in [-0.15, -0.1) is 0 Å². The second kappa shape index (κ2) is 8.67. The van der Waals surface area contributed by atoms with Gasteiger partial charge < -0.3 is 15.2 Å². The summed E-state index contributed by atoms with van der Waals surface area (Å²) in [5, 5.41) is 12.0. The predicted molar refractivity (Wildman–Crippen MR) is 84.9 cm³/mol. The van der Waals surface area contributed by atoms with Gasteiger partial charge in [-0.1, -0.05) is 25.5 Å². The molecule has 0 radical (unpaired) electrons. The van der Waals surface area contributed by atoms with Crippen LogP contribution in [0.15, 0.2) is 24.3 Å². The molecule has 0 spiro atoms. The van der Waals surface area contributed by atoms with Crippen molar-refractivity contribution in [2.24, 2.45) is 0 Å². The lowest BCUT2D eigenvalue weighted by Gasteiger charge is -2.23. The fourth-order valence-electron chi connectivity index (χ4n) is 2.09. The van der Waals surface area contributed by atoms with Gasteiger partial charge in [-0.05, 0) is 57.4 Å². The minimum atomic E-state index is -0.882. The van der Waals surface area contributed by atoms with E-state index >= 15 is 0 Å². The monoisotopic (exact) mass is 293 g/mol. The van der Waals surface area contributed by atoms with Crippen molar-refractivity contribution < 1.29 is 14.6 Å². The summed E-state index contributed by atoms with van der Waals surface area (Å²) < 4.78 is 5.66. The third kappa shape index (κ3) is 5.76. The number of nitrogens with one attached hydrogen (secondary N) is 1. The first kappa shape index (κ1) is 17.5. The van der Waals surface area contributed by atoms with Crippen LogP contribution in [0.3, 0.4) is 0 Å². The Kier molecular flexibility index (Phi) is 7.23. The van der Waals surface area contributed by atoms with E-state index in [1.807, 2.05) is 12.1 Å². The van der Waals surface area contributed by atoms with Crippen LogP contribution in [0.4, 0.5) is 0 Å². The normalized spacial score (nSPS) is 13.7. The lowest BCUT2D eigenvalue weighted by Crippen LogP contribution is -2.47. The van der Waals surface area contributed by atoms with E-state index in [-0.39, 0.29) is 0 Å². The van der Waals surface area contributed by atoms with Crippen LogP contribution in [0.2, 0.25) is 0 Å². The zero-order valence-electron chi connectivity index (χ0n) is 13.3. The van der Waals surface area contributed by atoms with E-state index in [9.17, 15) is 4.79 Å². The van der Waals surface area contributed by atoms with Crippen molar-refractivity contribution in [3.05, 3.63) is 29.8 Å². The Bertz CT molecular complexity index is 430. The van der Waals surface area contributed by atoms with Crippen LogP contribution in [0.5, 0.6) is 5.75 Å². The number of likely N-dealkylation sites (N-methyl/N-ethyl adjacent to an activating group) is 1. The average molecular weight is 293 g/mol. The van der Waals surface area contributed by atoms with E-state index in [2.05, 4.69) is 24.4 Å². The quantitative estimate of drug-likeness (QED) is 0.650. The molecule has 1 aromatic carbocycles. The number of aryl methyl sites for hydroxylation is 1. The van der Waals surface area contributed by atoms with E-state index in [4.69, 9.17) is 9.84 Å². The summed E-state index contributed by atoms with van der Waals surface area (Å²) in [6.45, 7) is 4.41. The average Bonchev–Trinajstić information content (AvgIpc) is 2.50. The number of aliphatic carboxylic acids is 1. The first-order valence-corrected chi connectivity index (χ1v) is 7.66. The Balaban J connectivity index is 2.34. The zero-order chi connectivity index (χ0) is 15.7. The molecule has 4 nitrogen and oxygen atoms in total. The van der Waals surface area contributed by atoms with Crippen LogP contribution in [0.1, 0.15) is 45.1 Å². The van der Waals surface area contributed by atoms with Crippen molar-refractivity contribution in [3.8, 4) is 5.75 Å². The van der Waals surface area contributed by atoms with Crippen LogP contribution < -0.4 is 10.1 Å². The molecule has 1 atom stereocenters. The summed E-state index contributed by atoms with van der Waals surface area (Å²) in [6.07, 6.45) is 4.74. The Morgan fingerprint density at radius 3 is 2.48 bits per heavy atom. The highest BCUT2D eigenvalue weighted by Crippen LogP contribution is 2.16. The van der Waals surface area contributed by atoms with Gasteiger partial charge in [0.1, 0.15) is 11.3 Å². The van der Waals surface area contributed by atoms with E-state index < -0.39 is 11.5 Å². The topological polar surface area (TPSA) is 58.6 Å². The molecule has 1 rings (SSSR count). The molecule has 21 heavy (non-hydrogen) atoms. The molecule has 118 valence electrons. The minimum Gasteiger partial charge on any atom is -0.494 e. The number of benzene rings is 1. The number of carbonyl (C=O) groups is 1. The maximum absolute atomic E-state index is 11.1. The van der Waals surface area contributed by atoms with Crippen LogP contribution >= 0.6 is 0 Å². The molecular weight excluding hydrogens is 266 g/mol. The number of ether oxygens (including phenoxy) is 1. The van der Waals surface area contributed by atoms with Gasteiger partial charge in [0.05, 0.1) is 6.61 Å². The number of hydrogen-bond acceptors (Lipinski definition) is 3. The molecular formula is C17H27NO3. The van der Waals surface area contributed by atoms with E-state index in [1.165, 1.54) is 18.4 Å². The number of carboxylic acids is 1. The summed E-state index contributed by atoms with van der Waals surface area (Å²) >= 11 is 0. The summed E-state index contributed by atoms with van der Waals surface area (Å²) in [7, 11) is 1.67. The number of hydrogen-bond donors (Lipinski definition) is 2. The number of carboxylic acid groups (broad SMARTS) is 1. The van der Waals surface area contributed by atoms with Crippen molar-refractivity contribution in [2.45, 2.75) is 51.5 Å². The van der Waals surface area contributed by atoms with Gasteiger partial charge in [0.15, 0.2) is 0 Å². The summed E-state index contributed by atoms with van der Waals surface area (Å²) in [6, 6.07) is 8.17. The molecule has 0 fully saturated rings. The van der Waals surface area contributed by atoms with Crippen LogP contribution in [0.25, 0.3) is 0 Å². The molecule has 0 bridgehead atoms. The summed E-state index contributed by atoms with van der Waals surface area (Å²) in [5.41, 5.74) is 0.450. The van der Waals surface area contributed by atoms with Crippen molar-refractivity contribution in [2.75, 3.05) is 13.7 Å². The highest BCUT2D eigenvalue weighted by Gasteiger charge is 2.30. The van der Waals surface area contributed by atoms with Crippen molar-refractivity contribution in [1.82, 2.24) is 5.32 Å². The first-order chi connectivity index (χ1) is 10.0. The van der Waals surface area contributed by atoms with Gasteiger partial charge >= 0.3 is 5.97 Å². The maximum Gasteiger partial charge on any atom is 0.323 e. The van der Waals surface area contributed by atoms with Crippen LogP contribution in [-0.2, 0) is 11.2 Å². The lowest BCUT2D eigenvalue weighted by molar-refractivity contribution is -0.144. The standard InChI is InChI=1S/C17H27NO3/c1-4-5-7-14-8-10-15(11-9-14)21-13-6-12-17(2,18-3)16(19)20/h8-11,18H,4-7,12-13H2,1-3H3,(H,19,20). The van der Waals surface area contributed by atoms with Gasteiger partial charge in [0, 0.05) is 0 Å². The smallest absolute Gasteiger partial charge is 0.323 e. The Hall–Kier alpha value is -1.55. The van der Waals surface area contributed by atoms with Gasteiger partial charge in [0.2, 0.25) is 0 Å². The molecule has 0 aliphatic carbocycles. The molecule has 0 aliphatic rings. The SMILES string of the molecule is CCCCc1ccc(OCCCC(C)(NC)C(=O)O)cc1. The summed E-state index contributed by atoms with van der Waals surface area (Å²) in [4.78, 5) is 11.1. The van der Waals surface area contributed by atoms with E-state index in [0.29, 0.717) is 19.4 Å². The molecule has 0 saturated heterocycles. The Labute approximate surface area is 127 Å². The van der Waals surface area contributed by atoms with Crippen molar-refractivity contribution in [1.29, 1.82) is 0 Å². The molecule has 4 heteroatoms. The third-order valence-electron chi connectivity index (χ3n) is 3.86. The number of unbranched alkanes of at least 4 members (excludes halogenated alkanes) is 1. The van der Waals surface area contributed by atoms with Gasteiger partial charge in [-0.25, -0.2) is 0 Å². The molecule has 1 aromatic rings. The zero-order valence-corrected chi connectivity index (χ0v) is 13.3. The Morgan fingerprint density at radius 1 is 1.29 bits per heavy atom. The summed E-state index contributed by atoms with van der Waals surface area (Å²) in [5.74, 6) is 0.0158. The van der Waals surface area contributed by atoms with Gasteiger partial charge in [-0.3, -0.25) is 4.79 Å². The maximum atomic E-state index is 11.1. The van der Waals surface area contributed by atoms with Crippen LogP contribution in [0, 0.1) is 0 Å². The first-order valence-electron chi connectivity index (χ1n) is 7.66.